The number of thiazole rings is 1. The number of likely N-dealkylation sites (tertiary alicyclic amines) is 1. The fourth-order valence-electron chi connectivity index (χ4n) is 5.32. The number of fused-ring (bicyclic) bond motifs is 1. The molecule has 1 saturated heterocycles. The minimum atomic E-state index is 0.222. The molecule has 34 heavy (non-hydrogen) atoms. The number of carbonyl (C=O) groups is 1. The zero-order valence-corrected chi connectivity index (χ0v) is 21.2. The van der Waals surface area contributed by atoms with Crippen LogP contribution in [0.2, 0.25) is 0 Å². The summed E-state index contributed by atoms with van der Waals surface area (Å²) in [7, 11) is 0. The summed E-state index contributed by atoms with van der Waals surface area (Å²) < 4.78 is 0. The van der Waals surface area contributed by atoms with Gasteiger partial charge in [-0.2, -0.15) is 0 Å². The van der Waals surface area contributed by atoms with Crippen LogP contribution < -0.4 is 4.90 Å². The van der Waals surface area contributed by atoms with Crippen LogP contribution in [0.3, 0.4) is 0 Å². The van der Waals surface area contributed by atoms with Gasteiger partial charge in [-0.1, -0.05) is 36.4 Å². The van der Waals surface area contributed by atoms with Crippen LogP contribution in [0.25, 0.3) is 16.8 Å². The van der Waals surface area contributed by atoms with Gasteiger partial charge in [-0.25, -0.2) is 4.98 Å². The largest absolute Gasteiger partial charge is 0.372 e. The molecule has 176 valence electrons. The van der Waals surface area contributed by atoms with Crippen molar-refractivity contribution in [1.82, 2.24) is 9.88 Å². The highest BCUT2D eigenvalue weighted by atomic mass is 32.1. The summed E-state index contributed by atoms with van der Waals surface area (Å²) in [6, 6.07) is 17.2. The predicted octanol–water partition coefficient (Wildman–Crippen LogP) is 6.39. The molecule has 4 nitrogen and oxygen atoms in total. The van der Waals surface area contributed by atoms with Gasteiger partial charge in [0.25, 0.3) is 0 Å². The Morgan fingerprint density at radius 2 is 1.76 bits per heavy atom. The SMILES string of the molecule is CCN(CC)c1ccc(-c2csc(C3CCN(C(=O)C4=C(C)c5ccccc5C4)CC3)n2)cc1. The van der Waals surface area contributed by atoms with Gasteiger partial charge in [0.1, 0.15) is 0 Å². The lowest BCUT2D eigenvalue weighted by Crippen LogP contribution is -2.38. The Balaban J connectivity index is 1.22. The summed E-state index contributed by atoms with van der Waals surface area (Å²) >= 11 is 1.76. The fraction of sp³-hybridized carbons (Fsp3) is 0.379. The second-order valence-corrected chi connectivity index (χ2v) is 10.2. The molecule has 2 aliphatic rings. The molecule has 5 heteroatoms. The highest BCUT2D eigenvalue weighted by Crippen LogP contribution is 2.36. The van der Waals surface area contributed by atoms with E-state index in [1.807, 2.05) is 0 Å². The Hall–Kier alpha value is -2.92. The van der Waals surface area contributed by atoms with E-state index in [-0.39, 0.29) is 5.91 Å². The number of aromatic nitrogens is 1. The maximum atomic E-state index is 13.3. The first-order chi connectivity index (χ1) is 16.6. The molecule has 1 aromatic heterocycles. The van der Waals surface area contributed by atoms with Crippen LogP contribution in [0.4, 0.5) is 5.69 Å². The van der Waals surface area contributed by atoms with Crippen molar-refractivity contribution in [2.75, 3.05) is 31.1 Å². The third-order valence-corrected chi connectivity index (χ3v) is 8.45. The van der Waals surface area contributed by atoms with Gasteiger partial charge in [-0.05, 0) is 62.4 Å². The van der Waals surface area contributed by atoms with Crippen LogP contribution >= 0.6 is 11.3 Å². The van der Waals surface area contributed by atoms with Crippen LogP contribution in [-0.2, 0) is 11.2 Å². The molecule has 0 spiro atoms. The lowest BCUT2D eigenvalue weighted by atomic mass is 9.96. The first kappa shape index (κ1) is 22.9. The number of piperidine rings is 1. The molecule has 0 radical (unpaired) electrons. The van der Waals surface area contributed by atoms with Gasteiger partial charge in [-0.3, -0.25) is 4.79 Å². The fourth-order valence-corrected chi connectivity index (χ4v) is 6.32. The zero-order chi connectivity index (χ0) is 23.7. The third kappa shape index (κ3) is 4.29. The number of rotatable bonds is 6. The molecule has 1 aliphatic carbocycles. The van der Waals surface area contributed by atoms with E-state index < -0.39 is 0 Å². The lowest BCUT2D eigenvalue weighted by molar-refractivity contribution is -0.128. The highest BCUT2D eigenvalue weighted by molar-refractivity contribution is 7.10. The number of carbonyl (C=O) groups excluding carboxylic acids is 1. The van der Waals surface area contributed by atoms with Crippen molar-refractivity contribution in [2.45, 2.75) is 46.0 Å². The highest BCUT2D eigenvalue weighted by Gasteiger charge is 2.30. The summed E-state index contributed by atoms with van der Waals surface area (Å²) in [5, 5.41) is 3.39. The summed E-state index contributed by atoms with van der Waals surface area (Å²) in [4.78, 5) is 22.7. The molecule has 3 aromatic rings. The van der Waals surface area contributed by atoms with Gasteiger partial charge < -0.3 is 9.80 Å². The molecule has 0 unspecified atom stereocenters. The molecular formula is C29H33N3OS. The summed E-state index contributed by atoms with van der Waals surface area (Å²) in [5.74, 6) is 0.661. The van der Waals surface area contributed by atoms with Crippen molar-refractivity contribution in [2.24, 2.45) is 0 Å². The van der Waals surface area contributed by atoms with Gasteiger partial charge in [0, 0.05) is 60.7 Å². The third-order valence-electron chi connectivity index (χ3n) is 7.44. The standard InChI is InChI=1S/C29H33N3OS/c1-4-31(5-2)24-12-10-21(11-13-24)27-19-34-28(30-27)22-14-16-32(17-15-22)29(33)26-18-23-8-6-7-9-25(23)20(26)3/h6-13,19,22H,4-5,14-18H2,1-3H3. The zero-order valence-electron chi connectivity index (χ0n) is 20.4. The van der Waals surface area contributed by atoms with E-state index in [1.165, 1.54) is 27.4 Å². The van der Waals surface area contributed by atoms with Crippen molar-refractivity contribution < 1.29 is 4.79 Å². The normalized spacial score (nSPS) is 16.1. The lowest BCUT2D eigenvalue weighted by Gasteiger charge is -2.31. The maximum absolute atomic E-state index is 13.3. The van der Waals surface area contributed by atoms with E-state index in [0.29, 0.717) is 5.92 Å². The summed E-state index contributed by atoms with van der Waals surface area (Å²) in [5.41, 5.74) is 8.14. The van der Waals surface area contributed by atoms with Crippen molar-refractivity contribution in [1.29, 1.82) is 0 Å². The van der Waals surface area contributed by atoms with Crippen LogP contribution in [0, 0.1) is 0 Å². The second-order valence-electron chi connectivity index (χ2n) is 9.29. The number of allylic oxidation sites excluding steroid dienone is 1. The number of amides is 1. The maximum Gasteiger partial charge on any atom is 0.250 e. The van der Waals surface area contributed by atoms with Gasteiger partial charge in [0.15, 0.2) is 0 Å². The van der Waals surface area contributed by atoms with Crippen molar-refractivity contribution in [3.8, 4) is 11.3 Å². The quantitative estimate of drug-likeness (QED) is 0.418. The number of anilines is 1. The molecule has 5 rings (SSSR count). The van der Waals surface area contributed by atoms with E-state index >= 15 is 0 Å². The van der Waals surface area contributed by atoms with E-state index in [0.717, 1.165) is 62.3 Å². The van der Waals surface area contributed by atoms with Crippen molar-refractivity contribution in [3.63, 3.8) is 0 Å². The first-order valence-corrected chi connectivity index (χ1v) is 13.3. The van der Waals surface area contributed by atoms with Crippen LogP contribution in [0.15, 0.2) is 59.5 Å². The molecule has 2 aromatic carbocycles. The molecule has 2 heterocycles. The second kappa shape index (κ2) is 9.75. The topological polar surface area (TPSA) is 36.4 Å². The Morgan fingerprint density at radius 3 is 2.44 bits per heavy atom. The van der Waals surface area contributed by atoms with Gasteiger partial charge in [-0.15, -0.1) is 11.3 Å². The first-order valence-electron chi connectivity index (χ1n) is 12.5. The molecule has 0 bridgehead atoms. The van der Waals surface area contributed by atoms with E-state index in [4.69, 9.17) is 4.98 Å². The molecular weight excluding hydrogens is 438 g/mol. The van der Waals surface area contributed by atoms with E-state index in [1.54, 1.807) is 11.3 Å². The van der Waals surface area contributed by atoms with Gasteiger partial charge in [0.05, 0.1) is 10.7 Å². The van der Waals surface area contributed by atoms with Crippen molar-refractivity contribution in [3.05, 3.63) is 75.6 Å². The predicted molar refractivity (Wildman–Crippen MR) is 142 cm³/mol. The molecule has 1 fully saturated rings. The molecule has 0 atom stereocenters. The number of benzene rings is 2. The monoisotopic (exact) mass is 471 g/mol. The summed E-state index contributed by atoms with van der Waals surface area (Å²) in [6.45, 7) is 10.1. The van der Waals surface area contributed by atoms with Crippen LogP contribution in [0.1, 0.15) is 55.7 Å². The number of hydrogen-bond donors (Lipinski definition) is 0. The average Bonchev–Trinajstić information content (AvgIpc) is 3.51. The van der Waals surface area contributed by atoms with Crippen LogP contribution in [0.5, 0.6) is 0 Å². The number of hydrogen-bond acceptors (Lipinski definition) is 4. The average molecular weight is 472 g/mol. The van der Waals surface area contributed by atoms with Gasteiger partial charge >= 0.3 is 0 Å². The smallest absolute Gasteiger partial charge is 0.250 e. The molecule has 1 aliphatic heterocycles. The Morgan fingerprint density at radius 1 is 1.06 bits per heavy atom. The summed E-state index contributed by atoms with van der Waals surface area (Å²) in [6.07, 6.45) is 2.74. The Bertz CT molecular complexity index is 1200. The van der Waals surface area contributed by atoms with Gasteiger partial charge in [0.2, 0.25) is 5.91 Å². The minimum absolute atomic E-state index is 0.222. The molecule has 0 N–H and O–H groups in total. The molecule has 1 amide bonds. The Labute approximate surface area is 206 Å². The van der Waals surface area contributed by atoms with Crippen molar-refractivity contribution >= 4 is 28.5 Å². The van der Waals surface area contributed by atoms with E-state index in [9.17, 15) is 4.79 Å². The molecule has 0 saturated carbocycles. The number of nitrogens with zero attached hydrogens (tertiary/aromatic N) is 3. The minimum Gasteiger partial charge on any atom is -0.372 e. The Kier molecular flexibility index (Phi) is 6.55. The van der Waals surface area contributed by atoms with Crippen LogP contribution in [-0.4, -0.2) is 42.0 Å². The van der Waals surface area contributed by atoms with E-state index in [2.05, 4.69) is 84.5 Å².